The van der Waals surface area contributed by atoms with E-state index in [1.54, 1.807) is 0 Å². The average Bonchev–Trinajstić information content (AvgIpc) is 1.80. The van der Waals surface area contributed by atoms with Crippen molar-refractivity contribution in [2.45, 2.75) is 39.7 Å². The van der Waals surface area contributed by atoms with Crippen LogP contribution in [0, 0.1) is 5.41 Å². The number of hydrogen-bond donors (Lipinski definition) is 2. The first-order valence-electron chi connectivity index (χ1n) is 3.88. The zero-order valence-corrected chi connectivity index (χ0v) is 7.55. The highest BCUT2D eigenvalue weighted by molar-refractivity contribution is 5.79. The third-order valence-corrected chi connectivity index (χ3v) is 1.57. The van der Waals surface area contributed by atoms with Crippen LogP contribution in [0.4, 0.5) is 0 Å². The van der Waals surface area contributed by atoms with Crippen molar-refractivity contribution in [2.75, 3.05) is 0 Å². The Balaban J connectivity index is 3.63. The maximum atomic E-state index is 10.5. The van der Waals surface area contributed by atoms with Gasteiger partial charge in [-0.3, -0.25) is 4.79 Å². The summed E-state index contributed by atoms with van der Waals surface area (Å²) in [5.41, 5.74) is 10.7. The zero-order chi connectivity index (χ0) is 9.07. The van der Waals surface area contributed by atoms with Crippen molar-refractivity contribution in [3.8, 4) is 0 Å². The molecule has 0 unspecified atom stereocenters. The van der Waals surface area contributed by atoms with Gasteiger partial charge in [0.15, 0.2) is 0 Å². The van der Waals surface area contributed by atoms with Gasteiger partial charge in [-0.05, 0) is 18.3 Å². The quantitative estimate of drug-likeness (QED) is 0.632. The molecule has 0 aromatic rings. The van der Waals surface area contributed by atoms with Gasteiger partial charge in [-0.25, -0.2) is 0 Å². The van der Waals surface area contributed by atoms with Crippen LogP contribution < -0.4 is 11.5 Å². The highest BCUT2D eigenvalue weighted by atomic mass is 16.1. The number of rotatable bonds is 3. The minimum absolute atomic E-state index is 0.229. The molecule has 0 spiro atoms. The Morgan fingerprint density at radius 3 is 2.18 bits per heavy atom. The maximum absolute atomic E-state index is 10.5. The molecule has 4 N–H and O–H groups in total. The van der Waals surface area contributed by atoms with E-state index in [2.05, 4.69) is 20.8 Å². The first kappa shape index (κ1) is 10.4. The number of nitrogens with two attached hydrogens (primary N) is 2. The van der Waals surface area contributed by atoms with Crippen molar-refractivity contribution in [3.05, 3.63) is 0 Å². The number of amides is 1. The molecule has 0 bridgehead atoms. The first-order valence-corrected chi connectivity index (χ1v) is 3.88. The van der Waals surface area contributed by atoms with Crippen molar-refractivity contribution in [3.63, 3.8) is 0 Å². The second-order valence-electron chi connectivity index (χ2n) is 4.11. The molecule has 0 aromatic heterocycles. The average molecular weight is 158 g/mol. The maximum Gasteiger partial charge on any atom is 0.234 e. The molecule has 0 saturated carbocycles. The van der Waals surface area contributed by atoms with Gasteiger partial charge in [-0.1, -0.05) is 20.8 Å². The van der Waals surface area contributed by atoms with E-state index in [0.29, 0.717) is 6.42 Å². The Kier molecular flexibility index (Phi) is 3.52. The lowest BCUT2D eigenvalue weighted by atomic mass is 9.89. The van der Waals surface area contributed by atoms with Crippen molar-refractivity contribution >= 4 is 5.91 Å². The molecule has 0 rings (SSSR count). The molecule has 3 heteroatoms. The van der Waals surface area contributed by atoms with Gasteiger partial charge in [0, 0.05) is 0 Å². The SMILES string of the molecule is CC(C)(C)CC[C@H](N)C(N)=O. The van der Waals surface area contributed by atoms with E-state index in [0.717, 1.165) is 6.42 Å². The molecule has 0 aromatic carbocycles. The third kappa shape index (κ3) is 5.85. The summed E-state index contributed by atoms with van der Waals surface area (Å²) in [5.74, 6) is -0.408. The number of hydrogen-bond acceptors (Lipinski definition) is 2. The van der Waals surface area contributed by atoms with Crippen LogP contribution in [-0.2, 0) is 4.79 Å². The van der Waals surface area contributed by atoms with Crippen LogP contribution in [0.1, 0.15) is 33.6 Å². The molecule has 3 nitrogen and oxygen atoms in total. The van der Waals surface area contributed by atoms with E-state index in [4.69, 9.17) is 11.5 Å². The van der Waals surface area contributed by atoms with Gasteiger partial charge in [0.1, 0.15) is 0 Å². The fourth-order valence-electron chi connectivity index (χ4n) is 0.731. The van der Waals surface area contributed by atoms with Crippen molar-refractivity contribution in [1.82, 2.24) is 0 Å². The summed E-state index contributed by atoms with van der Waals surface area (Å²) < 4.78 is 0. The molecular formula is C8H18N2O. The van der Waals surface area contributed by atoms with E-state index in [9.17, 15) is 4.79 Å². The summed E-state index contributed by atoms with van der Waals surface area (Å²) in [6.45, 7) is 6.34. The predicted molar refractivity (Wildman–Crippen MR) is 45.9 cm³/mol. The lowest BCUT2D eigenvalue weighted by molar-refractivity contribution is -0.119. The zero-order valence-electron chi connectivity index (χ0n) is 7.55. The predicted octanol–water partition coefficient (Wildman–Crippen LogP) is 0.625. The van der Waals surface area contributed by atoms with Crippen molar-refractivity contribution in [2.24, 2.45) is 16.9 Å². The lowest BCUT2D eigenvalue weighted by Crippen LogP contribution is -2.36. The Morgan fingerprint density at radius 2 is 1.91 bits per heavy atom. The number of primary amides is 1. The van der Waals surface area contributed by atoms with Gasteiger partial charge in [0.05, 0.1) is 6.04 Å². The van der Waals surface area contributed by atoms with Gasteiger partial charge in [-0.2, -0.15) is 0 Å². The molecular weight excluding hydrogens is 140 g/mol. The molecule has 0 fully saturated rings. The molecule has 0 saturated heterocycles. The van der Waals surface area contributed by atoms with Gasteiger partial charge >= 0.3 is 0 Å². The molecule has 1 atom stereocenters. The Labute approximate surface area is 68.1 Å². The van der Waals surface area contributed by atoms with Gasteiger partial charge in [-0.15, -0.1) is 0 Å². The van der Waals surface area contributed by atoms with E-state index >= 15 is 0 Å². The molecule has 66 valence electrons. The molecule has 0 aliphatic carbocycles. The first-order chi connectivity index (χ1) is 4.83. The Morgan fingerprint density at radius 1 is 1.45 bits per heavy atom. The summed E-state index contributed by atoms with van der Waals surface area (Å²) in [6.07, 6.45) is 1.61. The summed E-state index contributed by atoms with van der Waals surface area (Å²) in [5, 5.41) is 0. The summed E-state index contributed by atoms with van der Waals surface area (Å²) in [6, 6.07) is -0.478. The van der Waals surface area contributed by atoms with E-state index in [-0.39, 0.29) is 5.41 Å². The minimum atomic E-state index is -0.478. The molecule has 0 heterocycles. The number of carbonyl (C=O) groups excluding carboxylic acids is 1. The number of carbonyl (C=O) groups is 1. The lowest BCUT2D eigenvalue weighted by Gasteiger charge is -2.19. The highest BCUT2D eigenvalue weighted by Gasteiger charge is 2.15. The fourth-order valence-corrected chi connectivity index (χ4v) is 0.731. The van der Waals surface area contributed by atoms with Crippen LogP contribution in [0.3, 0.4) is 0 Å². The standard InChI is InChI=1S/C8H18N2O/c1-8(2,3)5-4-6(9)7(10)11/h6H,4-5,9H2,1-3H3,(H2,10,11)/t6-/m0/s1. The minimum Gasteiger partial charge on any atom is -0.368 e. The summed E-state index contributed by atoms with van der Waals surface area (Å²) in [4.78, 5) is 10.5. The molecule has 0 aliphatic heterocycles. The van der Waals surface area contributed by atoms with Crippen LogP contribution in [0.2, 0.25) is 0 Å². The fraction of sp³-hybridized carbons (Fsp3) is 0.875. The topological polar surface area (TPSA) is 69.1 Å². The van der Waals surface area contributed by atoms with Gasteiger partial charge < -0.3 is 11.5 Å². The van der Waals surface area contributed by atoms with E-state index < -0.39 is 11.9 Å². The molecule has 0 aliphatic rings. The van der Waals surface area contributed by atoms with Crippen LogP contribution in [0.15, 0.2) is 0 Å². The second-order valence-corrected chi connectivity index (χ2v) is 4.11. The van der Waals surface area contributed by atoms with Crippen molar-refractivity contribution < 1.29 is 4.79 Å². The van der Waals surface area contributed by atoms with Gasteiger partial charge in [0.2, 0.25) is 5.91 Å². The normalized spacial score (nSPS) is 14.5. The van der Waals surface area contributed by atoms with Crippen LogP contribution in [0.5, 0.6) is 0 Å². The largest absolute Gasteiger partial charge is 0.368 e. The smallest absolute Gasteiger partial charge is 0.234 e. The Hall–Kier alpha value is -0.570. The van der Waals surface area contributed by atoms with E-state index in [1.165, 1.54) is 0 Å². The van der Waals surface area contributed by atoms with Crippen LogP contribution in [0.25, 0.3) is 0 Å². The summed E-state index contributed by atoms with van der Waals surface area (Å²) in [7, 11) is 0. The third-order valence-electron chi connectivity index (χ3n) is 1.57. The van der Waals surface area contributed by atoms with Gasteiger partial charge in [0.25, 0.3) is 0 Å². The van der Waals surface area contributed by atoms with Crippen LogP contribution >= 0.6 is 0 Å². The van der Waals surface area contributed by atoms with E-state index in [1.807, 2.05) is 0 Å². The van der Waals surface area contributed by atoms with Crippen LogP contribution in [-0.4, -0.2) is 11.9 Å². The molecule has 0 radical (unpaired) electrons. The molecule has 1 amide bonds. The highest BCUT2D eigenvalue weighted by Crippen LogP contribution is 2.20. The van der Waals surface area contributed by atoms with Crippen molar-refractivity contribution in [1.29, 1.82) is 0 Å². The molecule has 11 heavy (non-hydrogen) atoms. The monoisotopic (exact) mass is 158 g/mol. The Bertz CT molecular complexity index is 138. The summed E-state index contributed by atoms with van der Waals surface area (Å²) >= 11 is 0. The second kappa shape index (κ2) is 3.72.